The van der Waals surface area contributed by atoms with Crippen LogP contribution in [0.15, 0.2) is 18.2 Å². The summed E-state index contributed by atoms with van der Waals surface area (Å²) in [5.74, 6) is -0.227. The molecule has 2 saturated heterocycles. The molecule has 2 heterocycles. The molecule has 2 fully saturated rings. The summed E-state index contributed by atoms with van der Waals surface area (Å²) in [6.45, 7) is 3.10. The zero-order valence-corrected chi connectivity index (χ0v) is 11.5. The van der Waals surface area contributed by atoms with Crippen LogP contribution in [-0.2, 0) is 4.79 Å². The third kappa shape index (κ3) is 2.16. The van der Waals surface area contributed by atoms with Crippen LogP contribution < -0.4 is 10.2 Å². The highest BCUT2D eigenvalue weighted by atomic mass is 19.1. The number of benzene rings is 1. The van der Waals surface area contributed by atoms with Gasteiger partial charge in [0.05, 0.1) is 18.1 Å². The average molecular weight is 278 g/mol. The first kappa shape index (κ1) is 13.4. The molecule has 0 aromatic heterocycles. The highest BCUT2D eigenvalue weighted by Crippen LogP contribution is 2.35. The van der Waals surface area contributed by atoms with Gasteiger partial charge in [0.1, 0.15) is 5.82 Å². The molecule has 20 heavy (non-hydrogen) atoms. The standard InChI is InChI=1S/C15H19FN2O2/c1-9(19)12-7-10(16)4-5-13(12)18-6-2-3-11-14(18)8-17-15(11)20/h4-5,7,9,11,14,19H,2-3,6,8H2,1H3,(H,17,20)/t9-,11?,14?/m1/s1. The first-order chi connectivity index (χ1) is 9.58. The second kappa shape index (κ2) is 5.05. The average Bonchev–Trinajstić information content (AvgIpc) is 2.81. The van der Waals surface area contributed by atoms with E-state index in [4.69, 9.17) is 0 Å². The molecule has 0 spiro atoms. The molecule has 0 aliphatic carbocycles. The van der Waals surface area contributed by atoms with E-state index >= 15 is 0 Å². The predicted octanol–water partition coefficient (Wildman–Crippen LogP) is 1.59. The number of nitrogens with zero attached hydrogens (tertiary/aromatic N) is 1. The summed E-state index contributed by atoms with van der Waals surface area (Å²) in [6.07, 6.45) is 1.11. The number of hydrogen-bond donors (Lipinski definition) is 2. The molecule has 2 N–H and O–H groups in total. The van der Waals surface area contributed by atoms with Crippen LogP contribution in [0.5, 0.6) is 0 Å². The second-order valence-electron chi connectivity index (χ2n) is 5.63. The minimum absolute atomic E-state index is 0.00986. The molecular formula is C15H19FN2O2. The van der Waals surface area contributed by atoms with E-state index in [1.807, 2.05) is 0 Å². The Morgan fingerprint density at radius 3 is 3.05 bits per heavy atom. The van der Waals surface area contributed by atoms with Crippen LogP contribution in [0.4, 0.5) is 10.1 Å². The van der Waals surface area contributed by atoms with Gasteiger partial charge in [-0.3, -0.25) is 4.79 Å². The van der Waals surface area contributed by atoms with Crippen molar-refractivity contribution in [2.24, 2.45) is 5.92 Å². The SMILES string of the molecule is C[C@@H](O)c1cc(F)ccc1N1CCCC2C(=O)NCC21. The van der Waals surface area contributed by atoms with E-state index in [1.165, 1.54) is 12.1 Å². The number of aliphatic hydroxyl groups is 1. The molecule has 0 bridgehead atoms. The summed E-state index contributed by atoms with van der Waals surface area (Å²) < 4.78 is 13.4. The lowest BCUT2D eigenvalue weighted by Gasteiger charge is -2.39. The van der Waals surface area contributed by atoms with Gasteiger partial charge in [-0.25, -0.2) is 4.39 Å². The normalized spacial score (nSPS) is 27.1. The molecule has 3 rings (SSSR count). The van der Waals surface area contributed by atoms with E-state index in [0.717, 1.165) is 25.1 Å². The maximum absolute atomic E-state index is 13.4. The van der Waals surface area contributed by atoms with Crippen molar-refractivity contribution < 1.29 is 14.3 Å². The van der Waals surface area contributed by atoms with Crippen molar-refractivity contribution in [3.8, 4) is 0 Å². The van der Waals surface area contributed by atoms with Gasteiger partial charge in [-0.05, 0) is 38.0 Å². The summed E-state index contributed by atoms with van der Waals surface area (Å²) >= 11 is 0. The Morgan fingerprint density at radius 2 is 2.30 bits per heavy atom. The van der Waals surface area contributed by atoms with Gasteiger partial charge >= 0.3 is 0 Å². The summed E-state index contributed by atoms with van der Waals surface area (Å²) in [5.41, 5.74) is 1.43. The molecule has 1 amide bonds. The van der Waals surface area contributed by atoms with Gasteiger partial charge in [-0.2, -0.15) is 0 Å². The lowest BCUT2D eigenvalue weighted by Crippen LogP contribution is -2.46. The van der Waals surface area contributed by atoms with Crippen molar-refractivity contribution >= 4 is 11.6 Å². The fourth-order valence-electron chi connectivity index (χ4n) is 3.37. The van der Waals surface area contributed by atoms with Crippen LogP contribution in [0.3, 0.4) is 0 Å². The van der Waals surface area contributed by atoms with E-state index in [-0.39, 0.29) is 23.7 Å². The quantitative estimate of drug-likeness (QED) is 0.864. The van der Waals surface area contributed by atoms with Crippen LogP contribution in [0.1, 0.15) is 31.4 Å². The maximum Gasteiger partial charge on any atom is 0.225 e. The Balaban J connectivity index is 1.98. The summed E-state index contributed by atoms with van der Waals surface area (Å²) in [4.78, 5) is 14.0. The van der Waals surface area contributed by atoms with Gasteiger partial charge in [-0.15, -0.1) is 0 Å². The number of piperidine rings is 1. The van der Waals surface area contributed by atoms with Gasteiger partial charge in [0.15, 0.2) is 0 Å². The third-order valence-electron chi connectivity index (χ3n) is 4.35. The van der Waals surface area contributed by atoms with Gasteiger partial charge < -0.3 is 15.3 Å². The van der Waals surface area contributed by atoms with Crippen molar-refractivity contribution in [2.45, 2.75) is 31.9 Å². The monoisotopic (exact) mass is 278 g/mol. The Labute approximate surface area is 117 Å². The molecule has 0 saturated carbocycles. The molecule has 4 nitrogen and oxygen atoms in total. The summed E-state index contributed by atoms with van der Waals surface area (Å²) in [7, 11) is 0. The number of anilines is 1. The third-order valence-corrected chi connectivity index (χ3v) is 4.35. The first-order valence-corrected chi connectivity index (χ1v) is 7.10. The van der Waals surface area contributed by atoms with E-state index < -0.39 is 6.10 Å². The van der Waals surface area contributed by atoms with Crippen molar-refractivity contribution in [1.29, 1.82) is 0 Å². The van der Waals surface area contributed by atoms with Gasteiger partial charge in [0, 0.05) is 24.3 Å². The number of carbonyl (C=O) groups is 1. The molecule has 3 atom stereocenters. The molecule has 0 radical (unpaired) electrons. The summed E-state index contributed by atoms with van der Waals surface area (Å²) in [6, 6.07) is 4.62. The predicted molar refractivity (Wildman–Crippen MR) is 73.9 cm³/mol. The Hall–Kier alpha value is -1.62. The smallest absolute Gasteiger partial charge is 0.225 e. The lowest BCUT2D eigenvalue weighted by atomic mass is 9.90. The fourth-order valence-corrected chi connectivity index (χ4v) is 3.37. The topological polar surface area (TPSA) is 52.6 Å². The van der Waals surface area contributed by atoms with E-state index in [2.05, 4.69) is 10.2 Å². The highest BCUT2D eigenvalue weighted by Gasteiger charge is 2.41. The Bertz CT molecular complexity index is 533. The molecule has 2 aliphatic rings. The van der Waals surface area contributed by atoms with Crippen molar-refractivity contribution in [2.75, 3.05) is 18.0 Å². The van der Waals surface area contributed by atoms with Crippen molar-refractivity contribution in [3.63, 3.8) is 0 Å². The summed E-state index contributed by atoms with van der Waals surface area (Å²) in [5, 5.41) is 12.8. The number of aliphatic hydroxyl groups excluding tert-OH is 1. The minimum Gasteiger partial charge on any atom is -0.389 e. The molecule has 1 aromatic rings. The minimum atomic E-state index is -0.730. The molecule has 2 unspecified atom stereocenters. The van der Waals surface area contributed by atoms with Crippen LogP contribution in [0.25, 0.3) is 0 Å². The molecular weight excluding hydrogens is 259 g/mol. The number of amides is 1. The van der Waals surface area contributed by atoms with Crippen LogP contribution in [-0.4, -0.2) is 30.1 Å². The zero-order chi connectivity index (χ0) is 14.3. The second-order valence-corrected chi connectivity index (χ2v) is 5.63. The number of fused-ring (bicyclic) bond motifs is 1. The number of carbonyl (C=O) groups excluding carboxylic acids is 1. The number of hydrogen-bond acceptors (Lipinski definition) is 3. The molecule has 108 valence electrons. The maximum atomic E-state index is 13.4. The number of rotatable bonds is 2. The fraction of sp³-hybridized carbons (Fsp3) is 0.533. The van der Waals surface area contributed by atoms with Crippen molar-refractivity contribution in [1.82, 2.24) is 5.32 Å². The Kier molecular flexibility index (Phi) is 3.38. The first-order valence-electron chi connectivity index (χ1n) is 7.10. The van der Waals surface area contributed by atoms with Gasteiger partial charge in [0.25, 0.3) is 0 Å². The van der Waals surface area contributed by atoms with Gasteiger partial charge in [-0.1, -0.05) is 0 Å². The molecule has 2 aliphatic heterocycles. The highest BCUT2D eigenvalue weighted by molar-refractivity contribution is 5.83. The number of nitrogens with one attached hydrogen (secondary N) is 1. The number of halogens is 1. The largest absolute Gasteiger partial charge is 0.389 e. The van der Waals surface area contributed by atoms with Crippen LogP contribution in [0, 0.1) is 11.7 Å². The van der Waals surface area contributed by atoms with E-state index in [0.29, 0.717) is 12.1 Å². The molecule has 1 aromatic carbocycles. The van der Waals surface area contributed by atoms with E-state index in [9.17, 15) is 14.3 Å². The van der Waals surface area contributed by atoms with Crippen molar-refractivity contribution in [3.05, 3.63) is 29.6 Å². The van der Waals surface area contributed by atoms with Gasteiger partial charge in [0.2, 0.25) is 5.91 Å². The van der Waals surface area contributed by atoms with E-state index in [1.54, 1.807) is 13.0 Å². The van der Waals surface area contributed by atoms with Crippen LogP contribution >= 0.6 is 0 Å². The lowest BCUT2D eigenvalue weighted by molar-refractivity contribution is -0.122. The Morgan fingerprint density at radius 1 is 1.50 bits per heavy atom. The molecule has 5 heteroatoms. The zero-order valence-electron chi connectivity index (χ0n) is 11.5. The van der Waals surface area contributed by atoms with Crippen LogP contribution in [0.2, 0.25) is 0 Å².